The molecule has 0 fully saturated rings. The van der Waals surface area contributed by atoms with E-state index in [0.29, 0.717) is 16.5 Å². The molecule has 0 unspecified atom stereocenters. The van der Waals surface area contributed by atoms with Crippen molar-refractivity contribution in [2.24, 2.45) is 0 Å². The SMILES string of the molecule is CCCn1cnc(C(F)(F)F)c1Sc1cc(C)cc(Cl)c1. The third kappa shape index (κ3) is 3.95. The Labute approximate surface area is 130 Å². The molecule has 1 aromatic heterocycles. The summed E-state index contributed by atoms with van der Waals surface area (Å²) in [5.41, 5.74) is 0.0543. The van der Waals surface area contributed by atoms with Crippen LogP contribution in [0.4, 0.5) is 13.2 Å². The molecule has 2 rings (SSSR count). The maximum absolute atomic E-state index is 13.0. The Bertz CT molecular complexity index is 617. The molecule has 1 heterocycles. The van der Waals surface area contributed by atoms with Crippen molar-refractivity contribution in [3.05, 3.63) is 40.8 Å². The number of nitrogens with zero attached hydrogens (tertiary/aromatic N) is 2. The number of alkyl halides is 3. The maximum atomic E-state index is 13.0. The minimum absolute atomic E-state index is 0.103. The molecule has 0 aliphatic carbocycles. The number of aryl methyl sites for hydroxylation is 2. The standard InChI is InChI=1S/C14H14ClF3N2S/c1-3-4-20-8-19-12(14(16,17)18)13(20)21-11-6-9(2)5-10(15)7-11/h5-8H,3-4H2,1-2H3. The normalized spacial score (nSPS) is 11.9. The van der Waals surface area contributed by atoms with Gasteiger partial charge in [0.25, 0.3) is 0 Å². The minimum atomic E-state index is -4.46. The first-order valence-electron chi connectivity index (χ1n) is 6.38. The van der Waals surface area contributed by atoms with E-state index in [9.17, 15) is 13.2 Å². The molecular weight excluding hydrogens is 321 g/mol. The zero-order chi connectivity index (χ0) is 15.6. The van der Waals surface area contributed by atoms with E-state index in [-0.39, 0.29) is 5.03 Å². The third-order valence-electron chi connectivity index (χ3n) is 2.75. The van der Waals surface area contributed by atoms with Crippen molar-refractivity contribution >= 4 is 23.4 Å². The first-order valence-corrected chi connectivity index (χ1v) is 7.58. The van der Waals surface area contributed by atoms with Crippen LogP contribution in [0.5, 0.6) is 0 Å². The number of halogens is 4. The minimum Gasteiger partial charge on any atom is -0.325 e. The number of aromatic nitrogens is 2. The van der Waals surface area contributed by atoms with Gasteiger partial charge in [-0.3, -0.25) is 0 Å². The van der Waals surface area contributed by atoms with Crippen molar-refractivity contribution in [3.8, 4) is 0 Å². The van der Waals surface area contributed by atoms with Crippen LogP contribution in [0.1, 0.15) is 24.6 Å². The van der Waals surface area contributed by atoms with E-state index in [1.54, 1.807) is 18.2 Å². The molecule has 114 valence electrons. The summed E-state index contributed by atoms with van der Waals surface area (Å²) < 4.78 is 40.7. The average Bonchev–Trinajstić information content (AvgIpc) is 2.71. The average molecular weight is 335 g/mol. The zero-order valence-corrected chi connectivity index (χ0v) is 13.1. The van der Waals surface area contributed by atoms with Crippen molar-refractivity contribution in [3.63, 3.8) is 0 Å². The summed E-state index contributed by atoms with van der Waals surface area (Å²) in [5, 5.41) is 0.610. The second kappa shape index (κ2) is 6.32. The number of benzene rings is 1. The maximum Gasteiger partial charge on any atom is 0.436 e. The molecule has 0 atom stereocenters. The Kier molecular flexibility index (Phi) is 4.88. The highest BCUT2D eigenvalue weighted by atomic mass is 35.5. The Morgan fingerprint density at radius 2 is 2.00 bits per heavy atom. The van der Waals surface area contributed by atoms with Gasteiger partial charge in [0.15, 0.2) is 5.69 Å². The van der Waals surface area contributed by atoms with Gasteiger partial charge in [0.2, 0.25) is 0 Å². The van der Waals surface area contributed by atoms with Crippen molar-refractivity contribution in [2.45, 2.75) is 42.9 Å². The van der Waals surface area contributed by atoms with Crippen LogP contribution in [0.3, 0.4) is 0 Å². The summed E-state index contributed by atoms with van der Waals surface area (Å²) in [4.78, 5) is 4.20. The van der Waals surface area contributed by atoms with E-state index >= 15 is 0 Å². The summed E-state index contributed by atoms with van der Waals surface area (Å²) in [5.74, 6) is 0. The van der Waals surface area contributed by atoms with E-state index in [4.69, 9.17) is 11.6 Å². The Hall–Kier alpha value is -1.14. The van der Waals surface area contributed by atoms with E-state index in [1.807, 2.05) is 13.8 Å². The molecule has 0 spiro atoms. The van der Waals surface area contributed by atoms with Crippen molar-refractivity contribution in [2.75, 3.05) is 0 Å². The topological polar surface area (TPSA) is 17.8 Å². The summed E-state index contributed by atoms with van der Waals surface area (Å²) >= 11 is 7.00. The molecule has 0 saturated heterocycles. The molecule has 2 aromatic rings. The summed E-state index contributed by atoms with van der Waals surface area (Å²) in [6, 6.07) is 5.22. The largest absolute Gasteiger partial charge is 0.436 e. The van der Waals surface area contributed by atoms with Crippen molar-refractivity contribution in [1.82, 2.24) is 9.55 Å². The highest BCUT2D eigenvalue weighted by molar-refractivity contribution is 7.99. The second-order valence-electron chi connectivity index (χ2n) is 4.66. The number of hydrogen-bond acceptors (Lipinski definition) is 2. The number of hydrogen-bond donors (Lipinski definition) is 0. The first-order chi connectivity index (χ1) is 9.81. The molecular formula is C14H14ClF3N2S. The molecule has 0 saturated carbocycles. The van der Waals surface area contributed by atoms with Crippen LogP contribution in [-0.4, -0.2) is 9.55 Å². The van der Waals surface area contributed by atoms with E-state index in [1.165, 1.54) is 10.9 Å². The van der Waals surface area contributed by atoms with Crippen LogP contribution in [0.2, 0.25) is 5.02 Å². The lowest BCUT2D eigenvalue weighted by molar-refractivity contribution is -0.143. The van der Waals surface area contributed by atoms with Crippen LogP contribution in [0, 0.1) is 6.92 Å². The van der Waals surface area contributed by atoms with Gasteiger partial charge in [-0.1, -0.05) is 30.3 Å². The highest BCUT2D eigenvalue weighted by Gasteiger charge is 2.37. The summed E-state index contributed by atoms with van der Waals surface area (Å²) in [6.07, 6.45) is -2.49. The first kappa shape index (κ1) is 16.2. The molecule has 0 bridgehead atoms. The van der Waals surface area contributed by atoms with Gasteiger partial charge in [-0.25, -0.2) is 4.98 Å². The van der Waals surface area contributed by atoms with E-state index in [2.05, 4.69) is 4.98 Å². The Balaban J connectivity index is 2.43. The quantitative estimate of drug-likeness (QED) is 0.742. The second-order valence-corrected chi connectivity index (χ2v) is 6.15. The Morgan fingerprint density at radius 1 is 1.29 bits per heavy atom. The fraction of sp³-hybridized carbons (Fsp3) is 0.357. The van der Waals surface area contributed by atoms with Crippen LogP contribution >= 0.6 is 23.4 Å². The van der Waals surface area contributed by atoms with Crippen molar-refractivity contribution in [1.29, 1.82) is 0 Å². The van der Waals surface area contributed by atoms with Gasteiger partial charge in [0.05, 0.1) is 6.33 Å². The van der Waals surface area contributed by atoms with Gasteiger partial charge >= 0.3 is 6.18 Å². The lowest BCUT2D eigenvalue weighted by Crippen LogP contribution is -2.08. The van der Waals surface area contributed by atoms with Crippen LogP contribution in [-0.2, 0) is 12.7 Å². The lowest BCUT2D eigenvalue weighted by Gasteiger charge is -2.11. The van der Waals surface area contributed by atoms with Gasteiger partial charge in [-0.05, 0) is 37.1 Å². The summed E-state index contributed by atoms with van der Waals surface area (Å²) in [6.45, 7) is 4.25. The molecule has 0 aliphatic heterocycles. The smallest absolute Gasteiger partial charge is 0.325 e. The Morgan fingerprint density at radius 3 is 2.57 bits per heavy atom. The van der Waals surface area contributed by atoms with Gasteiger partial charge in [-0.2, -0.15) is 13.2 Å². The van der Waals surface area contributed by atoms with E-state index in [0.717, 1.165) is 23.7 Å². The van der Waals surface area contributed by atoms with Gasteiger partial charge in [-0.15, -0.1) is 0 Å². The van der Waals surface area contributed by atoms with Crippen LogP contribution < -0.4 is 0 Å². The number of rotatable bonds is 4. The van der Waals surface area contributed by atoms with E-state index < -0.39 is 11.9 Å². The monoisotopic (exact) mass is 334 g/mol. The zero-order valence-electron chi connectivity index (χ0n) is 11.5. The van der Waals surface area contributed by atoms with Gasteiger partial charge in [0, 0.05) is 16.5 Å². The predicted octanol–water partition coefficient (Wildman–Crippen LogP) is 5.42. The lowest BCUT2D eigenvalue weighted by atomic mass is 10.2. The highest BCUT2D eigenvalue weighted by Crippen LogP contribution is 2.39. The molecule has 21 heavy (non-hydrogen) atoms. The molecule has 0 amide bonds. The van der Waals surface area contributed by atoms with Gasteiger partial charge in [0.1, 0.15) is 5.03 Å². The fourth-order valence-corrected chi connectivity index (χ4v) is 3.48. The van der Waals surface area contributed by atoms with Crippen molar-refractivity contribution < 1.29 is 13.2 Å². The molecule has 0 N–H and O–H groups in total. The predicted molar refractivity (Wildman–Crippen MR) is 77.8 cm³/mol. The summed E-state index contributed by atoms with van der Waals surface area (Å²) in [7, 11) is 0. The molecule has 0 radical (unpaired) electrons. The van der Waals surface area contributed by atoms with Gasteiger partial charge < -0.3 is 4.57 Å². The molecule has 2 nitrogen and oxygen atoms in total. The molecule has 7 heteroatoms. The van der Waals surface area contributed by atoms with Crippen LogP contribution in [0.25, 0.3) is 0 Å². The number of imidazole rings is 1. The molecule has 0 aliphatic rings. The van der Waals surface area contributed by atoms with Crippen LogP contribution in [0.15, 0.2) is 34.4 Å². The fourth-order valence-electron chi connectivity index (χ4n) is 1.95. The third-order valence-corrected chi connectivity index (χ3v) is 4.06. The molecule has 1 aromatic carbocycles.